The lowest BCUT2D eigenvalue weighted by Crippen LogP contribution is -2.07. The second kappa shape index (κ2) is 6.59. The van der Waals surface area contributed by atoms with Crippen molar-refractivity contribution in [1.29, 1.82) is 0 Å². The minimum Gasteiger partial charge on any atom is -0.0649 e. The fourth-order valence-electron chi connectivity index (χ4n) is 4.71. The number of hydrogen-bond donors (Lipinski definition) is 0. The highest BCUT2D eigenvalue weighted by Gasteiger charge is 2.20. The van der Waals surface area contributed by atoms with E-state index in [1.54, 1.807) is 5.57 Å². The molecule has 4 rings (SSSR count). The van der Waals surface area contributed by atoms with Gasteiger partial charge in [0.25, 0.3) is 0 Å². The molecular weight excluding hydrogens is 288 g/mol. The van der Waals surface area contributed by atoms with Gasteiger partial charge in [0, 0.05) is 0 Å². The van der Waals surface area contributed by atoms with Crippen molar-refractivity contribution in [3.63, 3.8) is 0 Å². The van der Waals surface area contributed by atoms with Crippen molar-refractivity contribution >= 4 is 6.08 Å². The first-order valence-corrected chi connectivity index (χ1v) is 9.59. The zero-order chi connectivity index (χ0) is 16.5. The Morgan fingerprint density at radius 2 is 1.67 bits per heavy atom. The summed E-state index contributed by atoms with van der Waals surface area (Å²) in [5.74, 6) is 0.934. The summed E-state index contributed by atoms with van der Waals surface area (Å²) in [6.07, 6.45) is 12.2. The molecule has 0 aromatic heterocycles. The van der Waals surface area contributed by atoms with Crippen LogP contribution >= 0.6 is 0 Å². The molecule has 0 aliphatic heterocycles. The smallest absolute Gasteiger partial charge is 0.00575 e. The Morgan fingerprint density at radius 3 is 2.42 bits per heavy atom. The van der Waals surface area contributed by atoms with E-state index in [1.165, 1.54) is 78.3 Å². The van der Waals surface area contributed by atoms with Crippen molar-refractivity contribution in [1.82, 2.24) is 0 Å². The molecule has 0 bridgehead atoms. The molecule has 0 heteroatoms. The van der Waals surface area contributed by atoms with Crippen molar-refractivity contribution in [3.05, 3.63) is 64.2 Å². The van der Waals surface area contributed by atoms with Crippen molar-refractivity contribution in [3.8, 4) is 11.1 Å². The number of benzene rings is 2. The van der Waals surface area contributed by atoms with Gasteiger partial charge in [0.2, 0.25) is 0 Å². The molecule has 0 amide bonds. The van der Waals surface area contributed by atoms with E-state index in [1.807, 2.05) is 0 Å². The SMILES string of the molecule is Cc1cc(C)cc(-c2cccc3c2C=C(CC2CCCCC2)C3)c1. The third-order valence-corrected chi connectivity index (χ3v) is 5.77. The Kier molecular flexibility index (Phi) is 4.31. The third kappa shape index (κ3) is 3.20. The number of fused-ring (bicyclic) bond motifs is 1. The lowest BCUT2D eigenvalue weighted by molar-refractivity contribution is 0.355. The molecule has 0 spiro atoms. The predicted molar refractivity (Wildman–Crippen MR) is 104 cm³/mol. The highest BCUT2D eigenvalue weighted by Crippen LogP contribution is 2.38. The quantitative estimate of drug-likeness (QED) is 0.579. The summed E-state index contributed by atoms with van der Waals surface area (Å²) < 4.78 is 0. The molecule has 2 aromatic rings. The molecule has 0 radical (unpaired) electrons. The fraction of sp³-hybridized carbons (Fsp3) is 0.417. The molecule has 1 saturated carbocycles. The Balaban J connectivity index is 1.64. The van der Waals surface area contributed by atoms with Gasteiger partial charge < -0.3 is 0 Å². The highest BCUT2D eigenvalue weighted by molar-refractivity contribution is 5.81. The predicted octanol–water partition coefficient (Wildman–Crippen LogP) is 6.88. The van der Waals surface area contributed by atoms with Gasteiger partial charge >= 0.3 is 0 Å². The first kappa shape index (κ1) is 15.7. The molecule has 1 fully saturated rings. The van der Waals surface area contributed by atoms with E-state index in [0.717, 1.165) is 5.92 Å². The van der Waals surface area contributed by atoms with E-state index >= 15 is 0 Å². The number of hydrogen-bond acceptors (Lipinski definition) is 0. The summed E-state index contributed by atoms with van der Waals surface area (Å²) in [5, 5.41) is 0. The summed E-state index contributed by atoms with van der Waals surface area (Å²) in [7, 11) is 0. The first-order chi connectivity index (χ1) is 11.7. The average Bonchev–Trinajstić information content (AvgIpc) is 2.97. The minimum atomic E-state index is 0.934. The summed E-state index contributed by atoms with van der Waals surface area (Å²) in [6, 6.07) is 13.8. The van der Waals surface area contributed by atoms with E-state index in [9.17, 15) is 0 Å². The maximum atomic E-state index is 2.51. The summed E-state index contributed by atoms with van der Waals surface area (Å²) in [5.41, 5.74) is 10.2. The standard InChI is InChI=1S/C24H28/c1-17-11-18(2)13-22(12-17)23-10-6-9-21-15-20(16-24(21)23)14-19-7-4-3-5-8-19/h6,9-13,16,19H,3-5,7-8,14-15H2,1-2H3. The zero-order valence-corrected chi connectivity index (χ0v) is 15.1. The van der Waals surface area contributed by atoms with E-state index in [2.05, 4.69) is 56.3 Å². The van der Waals surface area contributed by atoms with E-state index in [4.69, 9.17) is 0 Å². The highest BCUT2D eigenvalue weighted by atomic mass is 14.3. The van der Waals surface area contributed by atoms with Crippen molar-refractivity contribution < 1.29 is 0 Å². The molecule has 2 aromatic carbocycles. The number of allylic oxidation sites excluding steroid dienone is 1. The summed E-state index contributed by atoms with van der Waals surface area (Å²) in [6.45, 7) is 4.40. The summed E-state index contributed by atoms with van der Waals surface area (Å²) in [4.78, 5) is 0. The van der Waals surface area contributed by atoms with Crippen LogP contribution in [0.5, 0.6) is 0 Å². The van der Waals surface area contributed by atoms with Gasteiger partial charge in [0.05, 0.1) is 0 Å². The topological polar surface area (TPSA) is 0 Å². The number of aryl methyl sites for hydroxylation is 2. The zero-order valence-electron chi connectivity index (χ0n) is 15.1. The normalized spacial score (nSPS) is 17.7. The van der Waals surface area contributed by atoms with Gasteiger partial charge in [-0.2, -0.15) is 0 Å². The van der Waals surface area contributed by atoms with E-state index in [-0.39, 0.29) is 0 Å². The first-order valence-electron chi connectivity index (χ1n) is 9.59. The molecule has 2 aliphatic carbocycles. The molecule has 0 heterocycles. The minimum absolute atomic E-state index is 0.934. The third-order valence-electron chi connectivity index (χ3n) is 5.77. The van der Waals surface area contributed by atoms with Crippen LogP contribution in [0.1, 0.15) is 60.8 Å². The average molecular weight is 316 g/mol. The Labute approximate surface area is 146 Å². The Bertz CT molecular complexity index is 752. The number of rotatable bonds is 3. The molecule has 24 heavy (non-hydrogen) atoms. The van der Waals surface area contributed by atoms with Gasteiger partial charge in [-0.15, -0.1) is 0 Å². The van der Waals surface area contributed by atoms with Crippen LogP contribution in [-0.4, -0.2) is 0 Å². The van der Waals surface area contributed by atoms with Gasteiger partial charge in [-0.3, -0.25) is 0 Å². The van der Waals surface area contributed by atoms with Gasteiger partial charge in [-0.05, 0) is 54.9 Å². The van der Waals surface area contributed by atoms with Crippen LogP contribution in [0.15, 0.2) is 42.0 Å². The molecule has 2 aliphatic rings. The maximum Gasteiger partial charge on any atom is -0.00575 e. The van der Waals surface area contributed by atoms with Gasteiger partial charge in [0.15, 0.2) is 0 Å². The van der Waals surface area contributed by atoms with Crippen molar-refractivity contribution in [2.24, 2.45) is 5.92 Å². The monoisotopic (exact) mass is 316 g/mol. The molecule has 0 unspecified atom stereocenters. The van der Waals surface area contributed by atoms with E-state index < -0.39 is 0 Å². The summed E-state index contributed by atoms with van der Waals surface area (Å²) >= 11 is 0. The molecule has 124 valence electrons. The lowest BCUT2D eigenvalue weighted by atomic mass is 9.84. The Morgan fingerprint density at radius 1 is 0.917 bits per heavy atom. The second-order valence-corrected chi connectivity index (χ2v) is 7.94. The molecular formula is C24H28. The second-order valence-electron chi connectivity index (χ2n) is 7.94. The van der Waals surface area contributed by atoms with Crippen LogP contribution in [0, 0.1) is 19.8 Å². The van der Waals surface area contributed by atoms with E-state index in [0.29, 0.717) is 0 Å². The van der Waals surface area contributed by atoms with Crippen LogP contribution in [0.3, 0.4) is 0 Å². The Hall–Kier alpha value is -1.82. The van der Waals surface area contributed by atoms with Crippen molar-refractivity contribution in [2.75, 3.05) is 0 Å². The van der Waals surface area contributed by atoms with Crippen LogP contribution < -0.4 is 0 Å². The van der Waals surface area contributed by atoms with Gasteiger partial charge in [0.1, 0.15) is 0 Å². The van der Waals surface area contributed by atoms with Gasteiger partial charge in [-0.1, -0.05) is 91.3 Å². The maximum absolute atomic E-state index is 2.51. The van der Waals surface area contributed by atoms with Crippen LogP contribution in [0.25, 0.3) is 17.2 Å². The van der Waals surface area contributed by atoms with Crippen LogP contribution in [0.2, 0.25) is 0 Å². The molecule has 0 saturated heterocycles. The molecule has 0 N–H and O–H groups in total. The molecule has 0 atom stereocenters. The lowest BCUT2D eigenvalue weighted by Gasteiger charge is -2.21. The van der Waals surface area contributed by atoms with Crippen LogP contribution in [-0.2, 0) is 6.42 Å². The van der Waals surface area contributed by atoms with Gasteiger partial charge in [-0.25, -0.2) is 0 Å². The fourth-order valence-corrected chi connectivity index (χ4v) is 4.71. The van der Waals surface area contributed by atoms with Crippen molar-refractivity contribution in [2.45, 2.75) is 58.8 Å². The molecule has 0 nitrogen and oxygen atoms in total. The largest absolute Gasteiger partial charge is 0.0649 e. The van der Waals surface area contributed by atoms with Crippen LogP contribution in [0.4, 0.5) is 0 Å².